The zero-order chi connectivity index (χ0) is 21.5. The lowest BCUT2D eigenvalue weighted by Crippen LogP contribution is -2.32. The van der Waals surface area contributed by atoms with Gasteiger partial charge in [0, 0.05) is 19.6 Å². The summed E-state index contributed by atoms with van der Waals surface area (Å²) in [5, 5.41) is 34.1. The fraction of sp³-hybridized carbons (Fsp3) is 0.952. The molecule has 0 fully saturated rings. The van der Waals surface area contributed by atoms with E-state index in [1.54, 1.807) is 4.90 Å². The van der Waals surface area contributed by atoms with Crippen LogP contribution in [0.4, 0.5) is 0 Å². The molecule has 0 aliphatic carbocycles. The summed E-state index contributed by atoms with van der Waals surface area (Å²) in [5.41, 5.74) is 0. The van der Waals surface area contributed by atoms with Crippen molar-refractivity contribution in [2.45, 2.75) is 71.1 Å². The predicted octanol–water partition coefficient (Wildman–Crippen LogP) is 2.19. The van der Waals surface area contributed by atoms with Crippen molar-refractivity contribution in [3.05, 3.63) is 0 Å². The Bertz CT molecular complexity index is 305. The first-order valence-corrected chi connectivity index (χ1v) is 11.0. The first-order chi connectivity index (χ1) is 13.5. The van der Waals surface area contributed by atoms with Gasteiger partial charge in [-0.15, -0.1) is 0 Å². The van der Waals surface area contributed by atoms with Crippen molar-refractivity contribution < 1.29 is 25.2 Å². The molecule has 7 heteroatoms. The van der Waals surface area contributed by atoms with Crippen molar-refractivity contribution in [1.29, 1.82) is 0 Å². The summed E-state index contributed by atoms with van der Waals surface area (Å²) in [6.45, 7) is 5.07. The third-order valence-electron chi connectivity index (χ3n) is 4.55. The first-order valence-electron chi connectivity index (χ1n) is 11.0. The van der Waals surface area contributed by atoms with Crippen molar-refractivity contribution in [2.24, 2.45) is 0 Å². The summed E-state index contributed by atoms with van der Waals surface area (Å²) in [7, 11) is 1.88. The van der Waals surface area contributed by atoms with Crippen LogP contribution in [-0.2, 0) is 4.79 Å². The van der Waals surface area contributed by atoms with Crippen LogP contribution in [0.3, 0.4) is 0 Å². The Hall–Kier alpha value is -0.730. The number of carboxylic acid groups (broad SMARTS) is 1. The fourth-order valence-electron chi connectivity index (χ4n) is 2.94. The Kier molecular flexibility index (Phi) is 25.6. The van der Waals surface area contributed by atoms with E-state index in [1.807, 2.05) is 11.9 Å². The number of carbonyl (C=O) groups is 1. The number of carboxylic acids is 1. The van der Waals surface area contributed by atoms with Gasteiger partial charge in [-0.1, -0.05) is 64.7 Å². The van der Waals surface area contributed by atoms with Crippen LogP contribution < -0.4 is 0 Å². The maximum atomic E-state index is 10.5. The molecule has 0 radical (unpaired) electrons. The molecule has 0 aromatic heterocycles. The number of hydrogen-bond acceptors (Lipinski definition) is 6. The van der Waals surface area contributed by atoms with E-state index in [2.05, 4.69) is 6.92 Å². The number of unbranched alkanes of at least 4 members (excludes halogenated alkanes) is 9. The molecule has 28 heavy (non-hydrogen) atoms. The molecule has 0 rings (SSSR count). The molecule has 0 amide bonds. The van der Waals surface area contributed by atoms with Crippen LogP contribution in [0.5, 0.6) is 0 Å². The molecule has 0 spiro atoms. The predicted molar refractivity (Wildman–Crippen MR) is 115 cm³/mol. The lowest BCUT2D eigenvalue weighted by atomic mass is 10.1. The highest BCUT2D eigenvalue weighted by Gasteiger charge is 2.03. The van der Waals surface area contributed by atoms with Gasteiger partial charge in [-0.3, -0.25) is 14.6 Å². The summed E-state index contributed by atoms with van der Waals surface area (Å²) in [5.74, 6) is -0.732. The Labute approximate surface area is 172 Å². The second kappa shape index (κ2) is 24.3. The average Bonchev–Trinajstić information content (AvgIpc) is 2.64. The number of rotatable bonds is 19. The van der Waals surface area contributed by atoms with Gasteiger partial charge < -0.3 is 20.4 Å². The van der Waals surface area contributed by atoms with Crippen LogP contribution in [0, 0.1) is 0 Å². The largest absolute Gasteiger partial charge is 0.480 e. The Morgan fingerprint density at radius 3 is 1.43 bits per heavy atom. The second-order valence-corrected chi connectivity index (χ2v) is 7.33. The Morgan fingerprint density at radius 2 is 1.07 bits per heavy atom. The first kappa shape index (κ1) is 29.5. The van der Waals surface area contributed by atoms with Crippen molar-refractivity contribution >= 4 is 5.97 Å². The van der Waals surface area contributed by atoms with Crippen LogP contribution in [0.25, 0.3) is 0 Å². The third kappa shape index (κ3) is 25.3. The van der Waals surface area contributed by atoms with E-state index >= 15 is 0 Å². The van der Waals surface area contributed by atoms with Gasteiger partial charge in [0.25, 0.3) is 0 Å². The molecular formula is C21H46N2O5. The standard InChI is InChI=1S/C15H31NO2.C6H15NO3/c1-3-4-5-6-7-8-9-10-11-12-13-16(2)14-15(17)18;8-4-1-7(2-5-9)3-6-10/h3-14H2,1-2H3,(H,17,18);8-10H,1-6H2. The molecular weight excluding hydrogens is 360 g/mol. The van der Waals surface area contributed by atoms with Crippen LogP contribution >= 0.6 is 0 Å². The maximum Gasteiger partial charge on any atom is 0.317 e. The molecule has 0 saturated heterocycles. The average molecular weight is 407 g/mol. The quantitative estimate of drug-likeness (QED) is 0.244. The lowest BCUT2D eigenvalue weighted by Gasteiger charge is -2.17. The number of aliphatic hydroxyl groups is 3. The zero-order valence-corrected chi connectivity index (χ0v) is 18.3. The summed E-state index contributed by atoms with van der Waals surface area (Å²) in [6.07, 6.45) is 13.3. The van der Waals surface area contributed by atoms with Crippen molar-refractivity contribution in [3.8, 4) is 0 Å². The van der Waals surface area contributed by atoms with Gasteiger partial charge in [0.05, 0.1) is 26.4 Å². The van der Waals surface area contributed by atoms with Gasteiger partial charge in [-0.2, -0.15) is 0 Å². The smallest absolute Gasteiger partial charge is 0.317 e. The van der Waals surface area contributed by atoms with E-state index in [0.717, 1.165) is 13.0 Å². The molecule has 0 bridgehead atoms. The van der Waals surface area contributed by atoms with Crippen LogP contribution in [0.2, 0.25) is 0 Å². The topological polar surface area (TPSA) is 104 Å². The van der Waals surface area contributed by atoms with Crippen LogP contribution in [0.15, 0.2) is 0 Å². The molecule has 0 saturated carbocycles. The van der Waals surface area contributed by atoms with Crippen molar-refractivity contribution in [2.75, 3.05) is 59.6 Å². The van der Waals surface area contributed by atoms with E-state index in [-0.39, 0.29) is 26.4 Å². The van der Waals surface area contributed by atoms with E-state index in [1.165, 1.54) is 57.8 Å². The van der Waals surface area contributed by atoms with Gasteiger partial charge >= 0.3 is 5.97 Å². The number of aliphatic hydroxyl groups excluding tert-OH is 3. The van der Waals surface area contributed by atoms with E-state index in [0.29, 0.717) is 19.6 Å². The van der Waals surface area contributed by atoms with Gasteiger partial charge in [0.2, 0.25) is 0 Å². The minimum absolute atomic E-state index is 0.0694. The lowest BCUT2D eigenvalue weighted by molar-refractivity contribution is -0.137. The molecule has 0 unspecified atom stereocenters. The summed E-state index contributed by atoms with van der Waals surface area (Å²) in [4.78, 5) is 14.1. The summed E-state index contributed by atoms with van der Waals surface area (Å²) in [6, 6.07) is 0. The normalized spacial score (nSPS) is 11.0. The molecule has 170 valence electrons. The molecule has 7 nitrogen and oxygen atoms in total. The monoisotopic (exact) mass is 406 g/mol. The highest BCUT2D eigenvalue weighted by molar-refractivity contribution is 5.68. The molecule has 0 aliphatic rings. The highest BCUT2D eigenvalue weighted by Crippen LogP contribution is 2.10. The number of hydrogen-bond donors (Lipinski definition) is 4. The van der Waals surface area contributed by atoms with Crippen molar-refractivity contribution in [3.63, 3.8) is 0 Å². The minimum atomic E-state index is -0.732. The SMILES string of the molecule is CCCCCCCCCCCCN(C)CC(=O)O.OCCN(CCO)CCO. The zero-order valence-electron chi connectivity index (χ0n) is 18.3. The van der Waals surface area contributed by atoms with Crippen LogP contribution in [0.1, 0.15) is 71.1 Å². The highest BCUT2D eigenvalue weighted by atomic mass is 16.4. The van der Waals surface area contributed by atoms with Crippen LogP contribution in [-0.4, -0.2) is 95.8 Å². The second-order valence-electron chi connectivity index (χ2n) is 7.33. The third-order valence-corrected chi connectivity index (χ3v) is 4.55. The summed E-state index contributed by atoms with van der Waals surface area (Å²) >= 11 is 0. The molecule has 0 aliphatic heterocycles. The number of likely N-dealkylation sites (N-methyl/N-ethyl adjacent to an activating group) is 1. The number of nitrogens with zero attached hydrogens (tertiary/aromatic N) is 2. The van der Waals surface area contributed by atoms with Crippen molar-refractivity contribution in [1.82, 2.24) is 9.80 Å². The molecule has 0 atom stereocenters. The van der Waals surface area contributed by atoms with Gasteiger partial charge in [-0.05, 0) is 20.0 Å². The fourth-order valence-corrected chi connectivity index (χ4v) is 2.94. The van der Waals surface area contributed by atoms with Gasteiger partial charge in [-0.25, -0.2) is 0 Å². The van der Waals surface area contributed by atoms with E-state index < -0.39 is 5.97 Å². The minimum Gasteiger partial charge on any atom is -0.480 e. The molecule has 0 aromatic rings. The van der Waals surface area contributed by atoms with Gasteiger partial charge in [0.15, 0.2) is 0 Å². The van der Waals surface area contributed by atoms with E-state index in [4.69, 9.17) is 20.4 Å². The Morgan fingerprint density at radius 1 is 0.679 bits per heavy atom. The molecule has 4 N–H and O–H groups in total. The Balaban J connectivity index is 0. The molecule has 0 heterocycles. The number of aliphatic carboxylic acids is 1. The summed E-state index contributed by atoms with van der Waals surface area (Å²) < 4.78 is 0. The maximum absolute atomic E-state index is 10.5. The van der Waals surface area contributed by atoms with E-state index in [9.17, 15) is 4.79 Å². The van der Waals surface area contributed by atoms with Gasteiger partial charge in [0.1, 0.15) is 0 Å². The molecule has 0 aromatic carbocycles.